The summed E-state index contributed by atoms with van der Waals surface area (Å²) in [6, 6.07) is 0. The summed E-state index contributed by atoms with van der Waals surface area (Å²) >= 11 is 1.65. The van der Waals surface area contributed by atoms with Crippen LogP contribution in [0.25, 0.3) is 4.96 Å². The van der Waals surface area contributed by atoms with Gasteiger partial charge < -0.3 is 10.2 Å². The quantitative estimate of drug-likeness (QED) is 0.890. The second-order valence-electron chi connectivity index (χ2n) is 9.40. The van der Waals surface area contributed by atoms with Gasteiger partial charge in [0.15, 0.2) is 0 Å². The molecule has 26 heavy (non-hydrogen) atoms. The summed E-state index contributed by atoms with van der Waals surface area (Å²) < 4.78 is 1.91. The zero-order valence-electron chi connectivity index (χ0n) is 16.8. The van der Waals surface area contributed by atoms with Gasteiger partial charge in [0.1, 0.15) is 0 Å². The van der Waals surface area contributed by atoms with E-state index in [0.29, 0.717) is 5.92 Å². The van der Waals surface area contributed by atoms with Crippen molar-refractivity contribution in [2.45, 2.75) is 59.8 Å². The van der Waals surface area contributed by atoms with Gasteiger partial charge in [0, 0.05) is 30.5 Å². The van der Waals surface area contributed by atoms with Gasteiger partial charge in [-0.25, -0.2) is 9.50 Å². The van der Waals surface area contributed by atoms with Gasteiger partial charge in [0.2, 0.25) is 16.0 Å². The second kappa shape index (κ2) is 6.83. The number of hydrogen-bond acceptors (Lipinski definition) is 5. The summed E-state index contributed by atoms with van der Waals surface area (Å²) in [6.07, 6.45) is 4.32. The Hall–Kier alpha value is -1.63. The third kappa shape index (κ3) is 4.19. The van der Waals surface area contributed by atoms with Crippen molar-refractivity contribution in [3.63, 3.8) is 0 Å². The molecular weight excluding hydrogens is 346 g/mol. The maximum absolute atomic E-state index is 12.1. The van der Waals surface area contributed by atoms with E-state index in [0.717, 1.165) is 48.3 Å². The number of aromatic nitrogens is 3. The standard InChI is InChI=1S/C19H31N5OS/c1-18(2,3)14-12-24-16(21-14)26-17(22-24)23-9-7-8-13(11-23)10-20-15(25)19(4,5)6/h12-13H,7-11H2,1-6H3,(H,20,25). The van der Waals surface area contributed by atoms with Crippen LogP contribution >= 0.6 is 11.3 Å². The lowest BCUT2D eigenvalue weighted by Crippen LogP contribution is -2.43. The van der Waals surface area contributed by atoms with E-state index in [4.69, 9.17) is 10.1 Å². The Kier molecular flexibility index (Phi) is 5.03. The van der Waals surface area contributed by atoms with Crippen LogP contribution < -0.4 is 10.2 Å². The molecule has 6 nitrogen and oxygen atoms in total. The number of piperidine rings is 1. The van der Waals surface area contributed by atoms with E-state index in [1.54, 1.807) is 11.3 Å². The fraction of sp³-hybridized carbons (Fsp3) is 0.737. The second-order valence-corrected chi connectivity index (χ2v) is 10.3. The largest absolute Gasteiger partial charge is 0.355 e. The summed E-state index contributed by atoms with van der Waals surface area (Å²) in [6.45, 7) is 15.1. The molecule has 3 rings (SSSR count). The van der Waals surface area contributed by atoms with Gasteiger partial charge in [-0.05, 0) is 18.8 Å². The van der Waals surface area contributed by atoms with Crippen molar-refractivity contribution in [1.82, 2.24) is 19.9 Å². The molecule has 7 heteroatoms. The molecule has 1 aliphatic rings. The van der Waals surface area contributed by atoms with Crippen LogP contribution in [0.1, 0.15) is 60.1 Å². The van der Waals surface area contributed by atoms with E-state index < -0.39 is 0 Å². The van der Waals surface area contributed by atoms with Crippen LogP contribution in [0.4, 0.5) is 5.13 Å². The van der Waals surface area contributed by atoms with Crippen LogP contribution in [0.2, 0.25) is 0 Å². The fourth-order valence-corrected chi connectivity index (χ4v) is 4.00. The molecule has 1 atom stereocenters. The Morgan fingerprint density at radius 1 is 1.31 bits per heavy atom. The zero-order chi connectivity index (χ0) is 19.1. The number of nitrogens with zero attached hydrogens (tertiary/aromatic N) is 4. The smallest absolute Gasteiger partial charge is 0.225 e. The molecule has 144 valence electrons. The van der Waals surface area contributed by atoms with E-state index in [-0.39, 0.29) is 16.7 Å². The van der Waals surface area contributed by atoms with Gasteiger partial charge in [-0.15, -0.1) is 5.10 Å². The van der Waals surface area contributed by atoms with Gasteiger partial charge in [-0.1, -0.05) is 52.9 Å². The normalized spacial score (nSPS) is 19.2. The molecular formula is C19H31N5OS. The van der Waals surface area contributed by atoms with E-state index in [9.17, 15) is 4.79 Å². The van der Waals surface area contributed by atoms with Crippen molar-refractivity contribution in [3.8, 4) is 0 Å². The minimum Gasteiger partial charge on any atom is -0.355 e. The molecule has 1 N–H and O–H groups in total. The highest BCUT2D eigenvalue weighted by molar-refractivity contribution is 7.20. The summed E-state index contributed by atoms with van der Waals surface area (Å²) in [5, 5.41) is 8.89. The molecule has 0 bridgehead atoms. The Labute approximate surface area is 160 Å². The maximum Gasteiger partial charge on any atom is 0.225 e. The van der Waals surface area contributed by atoms with Crippen LogP contribution in [0.15, 0.2) is 6.20 Å². The van der Waals surface area contributed by atoms with Gasteiger partial charge in [0.05, 0.1) is 11.9 Å². The SMILES string of the molecule is CC(C)(C)C(=O)NCC1CCCN(c2nn3cc(C(C)(C)C)nc3s2)C1. The fourth-order valence-electron chi connectivity index (χ4n) is 3.09. The van der Waals surface area contributed by atoms with Crippen molar-refractivity contribution in [2.75, 3.05) is 24.5 Å². The Morgan fingerprint density at radius 3 is 2.65 bits per heavy atom. The lowest BCUT2D eigenvalue weighted by Gasteiger charge is -2.32. The molecule has 0 saturated carbocycles. The number of carbonyl (C=O) groups excluding carboxylic acids is 1. The monoisotopic (exact) mass is 377 g/mol. The minimum absolute atomic E-state index is 0.0368. The van der Waals surface area contributed by atoms with Crippen molar-refractivity contribution < 1.29 is 4.79 Å². The molecule has 1 amide bonds. The van der Waals surface area contributed by atoms with Crippen LogP contribution in [-0.2, 0) is 10.2 Å². The summed E-state index contributed by atoms with van der Waals surface area (Å²) in [7, 11) is 0. The van der Waals surface area contributed by atoms with Gasteiger partial charge in [-0.3, -0.25) is 4.79 Å². The molecule has 2 aromatic heterocycles. The Balaban J connectivity index is 1.65. The number of anilines is 1. The molecule has 0 spiro atoms. The first-order chi connectivity index (χ1) is 12.0. The molecule has 1 unspecified atom stereocenters. The van der Waals surface area contributed by atoms with Crippen molar-refractivity contribution >= 4 is 27.3 Å². The zero-order valence-corrected chi connectivity index (χ0v) is 17.6. The number of imidazole rings is 1. The van der Waals surface area contributed by atoms with Crippen molar-refractivity contribution in [2.24, 2.45) is 11.3 Å². The molecule has 0 radical (unpaired) electrons. The highest BCUT2D eigenvalue weighted by atomic mass is 32.1. The van der Waals surface area contributed by atoms with Crippen LogP contribution in [0.5, 0.6) is 0 Å². The van der Waals surface area contributed by atoms with Crippen molar-refractivity contribution in [3.05, 3.63) is 11.9 Å². The predicted molar refractivity (Wildman–Crippen MR) is 107 cm³/mol. The van der Waals surface area contributed by atoms with E-state index in [1.807, 2.05) is 31.5 Å². The van der Waals surface area contributed by atoms with Gasteiger partial charge in [-0.2, -0.15) is 0 Å². The number of carbonyl (C=O) groups is 1. The first kappa shape index (κ1) is 19.1. The molecule has 1 aliphatic heterocycles. The predicted octanol–water partition coefficient (Wildman–Crippen LogP) is 3.47. The minimum atomic E-state index is -0.334. The Bertz CT molecular complexity index is 749. The highest BCUT2D eigenvalue weighted by Crippen LogP contribution is 2.30. The molecule has 0 aromatic carbocycles. The first-order valence-electron chi connectivity index (χ1n) is 9.44. The summed E-state index contributed by atoms with van der Waals surface area (Å²) in [4.78, 5) is 20.1. The highest BCUT2D eigenvalue weighted by Gasteiger charge is 2.26. The topological polar surface area (TPSA) is 62.5 Å². The maximum atomic E-state index is 12.1. The Morgan fingerprint density at radius 2 is 2.04 bits per heavy atom. The van der Waals surface area contributed by atoms with Crippen LogP contribution in [0.3, 0.4) is 0 Å². The van der Waals surface area contributed by atoms with Crippen LogP contribution in [0, 0.1) is 11.3 Å². The number of rotatable bonds is 3. The van der Waals surface area contributed by atoms with E-state index in [1.165, 1.54) is 0 Å². The van der Waals surface area contributed by atoms with E-state index >= 15 is 0 Å². The molecule has 2 aromatic rings. The summed E-state index contributed by atoms with van der Waals surface area (Å²) in [5.74, 6) is 0.591. The molecule has 0 aliphatic carbocycles. The molecule has 3 heterocycles. The first-order valence-corrected chi connectivity index (χ1v) is 10.3. The van der Waals surface area contributed by atoms with Crippen molar-refractivity contribution in [1.29, 1.82) is 0 Å². The number of nitrogens with one attached hydrogen (secondary N) is 1. The lowest BCUT2D eigenvalue weighted by molar-refractivity contribution is -0.128. The molecule has 1 saturated heterocycles. The summed E-state index contributed by atoms with van der Waals surface area (Å²) in [5.41, 5.74) is 0.776. The third-order valence-electron chi connectivity index (χ3n) is 4.82. The van der Waals surface area contributed by atoms with Gasteiger partial charge >= 0.3 is 0 Å². The number of hydrogen-bond donors (Lipinski definition) is 1. The van der Waals surface area contributed by atoms with Crippen LogP contribution in [-0.4, -0.2) is 40.1 Å². The number of fused-ring (bicyclic) bond motifs is 1. The average molecular weight is 378 g/mol. The number of amides is 1. The average Bonchev–Trinajstić information content (AvgIpc) is 3.10. The molecule has 1 fully saturated rings. The van der Waals surface area contributed by atoms with Gasteiger partial charge in [0.25, 0.3) is 0 Å². The third-order valence-corrected chi connectivity index (χ3v) is 5.81. The lowest BCUT2D eigenvalue weighted by atomic mass is 9.93. The van der Waals surface area contributed by atoms with E-state index in [2.05, 4.69) is 31.0 Å².